The van der Waals surface area contributed by atoms with Gasteiger partial charge in [-0.25, -0.2) is 4.39 Å². The Bertz CT molecular complexity index is 1260. The minimum absolute atomic E-state index is 0.0396. The molecule has 1 fully saturated rings. The fourth-order valence-electron chi connectivity index (χ4n) is 4.74. The molecule has 1 aliphatic rings. The van der Waals surface area contributed by atoms with Crippen molar-refractivity contribution in [1.29, 1.82) is 0 Å². The fraction of sp³-hybridized carbons (Fsp3) is 0.444. The molecule has 1 aromatic heterocycles. The van der Waals surface area contributed by atoms with Crippen molar-refractivity contribution in [1.82, 2.24) is 25.5 Å². The number of aromatic nitrogens is 4. The van der Waals surface area contributed by atoms with Crippen LogP contribution in [-0.2, 0) is 16.1 Å². The van der Waals surface area contributed by atoms with Crippen molar-refractivity contribution in [2.45, 2.75) is 64.1 Å². The molecule has 0 saturated heterocycles. The maximum Gasteiger partial charge on any atom is 0.251 e. The van der Waals surface area contributed by atoms with E-state index in [9.17, 15) is 14.0 Å². The Morgan fingerprint density at radius 1 is 1.13 bits per heavy atom. The van der Waals surface area contributed by atoms with E-state index >= 15 is 0 Å². The number of rotatable bonds is 11. The third-order valence-corrected chi connectivity index (χ3v) is 6.63. The van der Waals surface area contributed by atoms with Crippen molar-refractivity contribution in [3.05, 3.63) is 48.3 Å². The van der Waals surface area contributed by atoms with Crippen molar-refractivity contribution < 1.29 is 23.5 Å². The number of hydrogen-bond donors (Lipinski definition) is 1. The smallest absolute Gasteiger partial charge is 0.251 e. The number of ether oxygens (including phenoxy) is 2. The van der Waals surface area contributed by atoms with E-state index in [1.54, 1.807) is 37.4 Å². The minimum atomic E-state index is -0.876. The number of halogens is 1. The molecule has 38 heavy (non-hydrogen) atoms. The highest BCUT2D eigenvalue weighted by atomic mass is 19.1. The summed E-state index contributed by atoms with van der Waals surface area (Å²) < 4.78 is 25.6. The molecule has 0 spiro atoms. The molecule has 3 aromatic rings. The molecule has 1 heterocycles. The zero-order valence-corrected chi connectivity index (χ0v) is 21.9. The largest absolute Gasteiger partial charge is 0.493 e. The summed E-state index contributed by atoms with van der Waals surface area (Å²) in [4.78, 5) is 29.4. The van der Waals surface area contributed by atoms with E-state index in [1.165, 1.54) is 24.1 Å². The lowest BCUT2D eigenvalue weighted by atomic mass is 10.1. The summed E-state index contributed by atoms with van der Waals surface area (Å²) in [5.74, 6) is -0.0659. The van der Waals surface area contributed by atoms with Gasteiger partial charge in [-0.1, -0.05) is 38.3 Å². The number of amides is 2. The van der Waals surface area contributed by atoms with Crippen LogP contribution in [0, 0.1) is 5.82 Å². The second kappa shape index (κ2) is 12.5. The van der Waals surface area contributed by atoms with Crippen molar-refractivity contribution >= 4 is 17.5 Å². The summed E-state index contributed by atoms with van der Waals surface area (Å²) in [5.41, 5.74) is 0.657. The van der Waals surface area contributed by atoms with Crippen LogP contribution in [-0.4, -0.2) is 58.3 Å². The monoisotopic (exact) mass is 524 g/mol. The number of benzene rings is 2. The molecule has 0 unspecified atom stereocenters. The number of nitrogens with zero attached hydrogens (tertiary/aromatic N) is 5. The van der Waals surface area contributed by atoms with E-state index in [-0.39, 0.29) is 30.0 Å². The first-order valence-electron chi connectivity index (χ1n) is 12.8. The van der Waals surface area contributed by atoms with Gasteiger partial charge in [-0.15, -0.1) is 10.2 Å². The summed E-state index contributed by atoms with van der Waals surface area (Å²) in [6.45, 7) is 1.60. The Kier molecular flexibility index (Phi) is 8.88. The van der Waals surface area contributed by atoms with E-state index in [4.69, 9.17) is 9.47 Å². The zero-order chi connectivity index (χ0) is 27.1. The Hall–Kier alpha value is -4.02. The van der Waals surface area contributed by atoms with E-state index < -0.39 is 17.8 Å². The van der Waals surface area contributed by atoms with Crippen LogP contribution in [0.2, 0.25) is 0 Å². The number of hydrogen-bond acceptors (Lipinski definition) is 7. The van der Waals surface area contributed by atoms with Crippen LogP contribution in [0.3, 0.4) is 0 Å². The average molecular weight is 525 g/mol. The third kappa shape index (κ3) is 6.09. The fourth-order valence-corrected chi connectivity index (χ4v) is 4.74. The van der Waals surface area contributed by atoms with Crippen LogP contribution in [0.5, 0.6) is 11.5 Å². The van der Waals surface area contributed by atoms with Gasteiger partial charge in [0, 0.05) is 11.6 Å². The zero-order valence-electron chi connectivity index (χ0n) is 21.9. The summed E-state index contributed by atoms with van der Waals surface area (Å²) in [7, 11) is 3.07. The SMILES string of the molecule is CCC[C@@H](C(=O)NC1CCCC1)N(C(=O)Cn1nnc(-c2ccc(OC)c(OC)c2)n1)c1ccccc1F. The van der Waals surface area contributed by atoms with Crippen LogP contribution in [0.1, 0.15) is 45.4 Å². The van der Waals surface area contributed by atoms with Gasteiger partial charge in [0.15, 0.2) is 11.5 Å². The Morgan fingerprint density at radius 2 is 1.87 bits per heavy atom. The number of methoxy groups -OCH3 is 2. The van der Waals surface area contributed by atoms with Gasteiger partial charge in [-0.2, -0.15) is 4.80 Å². The Balaban J connectivity index is 1.60. The molecule has 0 bridgehead atoms. The van der Waals surface area contributed by atoms with Crippen LogP contribution in [0.4, 0.5) is 10.1 Å². The molecular formula is C27H33FN6O4. The van der Waals surface area contributed by atoms with Gasteiger partial charge in [-0.05, 0) is 54.8 Å². The standard InChI is InChI=1S/C27H33FN6O4/c1-4-9-22(27(36)29-19-10-5-6-11-19)34(21-13-8-7-12-20(21)28)25(35)17-33-31-26(30-32-33)18-14-15-23(37-2)24(16-18)38-3/h7-8,12-16,19,22H,4-6,9-11,17H2,1-3H3,(H,29,36)/t22-/m0/s1. The van der Waals surface area contributed by atoms with Crippen LogP contribution < -0.4 is 19.7 Å². The summed E-state index contributed by atoms with van der Waals surface area (Å²) in [6.07, 6.45) is 4.92. The first-order valence-corrected chi connectivity index (χ1v) is 12.8. The molecule has 0 radical (unpaired) electrons. The quantitative estimate of drug-likeness (QED) is 0.407. The molecule has 1 aliphatic carbocycles. The van der Waals surface area contributed by atoms with Gasteiger partial charge in [0.25, 0.3) is 5.91 Å². The highest BCUT2D eigenvalue weighted by molar-refractivity contribution is 6.00. The van der Waals surface area contributed by atoms with E-state index in [0.717, 1.165) is 30.5 Å². The van der Waals surface area contributed by atoms with E-state index in [0.29, 0.717) is 29.9 Å². The second-order valence-corrected chi connectivity index (χ2v) is 9.22. The number of anilines is 1. The van der Waals surface area contributed by atoms with Crippen molar-refractivity contribution in [2.24, 2.45) is 0 Å². The van der Waals surface area contributed by atoms with Gasteiger partial charge < -0.3 is 14.8 Å². The first-order chi connectivity index (χ1) is 18.4. The molecule has 10 nitrogen and oxygen atoms in total. The van der Waals surface area contributed by atoms with Gasteiger partial charge >= 0.3 is 0 Å². The maximum absolute atomic E-state index is 15.0. The van der Waals surface area contributed by atoms with Gasteiger partial charge in [-0.3, -0.25) is 14.5 Å². The highest BCUT2D eigenvalue weighted by Gasteiger charge is 2.34. The minimum Gasteiger partial charge on any atom is -0.493 e. The molecule has 1 saturated carbocycles. The number of para-hydroxylation sites is 1. The predicted molar refractivity (Wildman–Crippen MR) is 139 cm³/mol. The molecule has 1 atom stereocenters. The van der Waals surface area contributed by atoms with Gasteiger partial charge in [0.05, 0.1) is 19.9 Å². The normalized spacial score (nSPS) is 14.2. The molecule has 11 heteroatoms. The number of carbonyl (C=O) groups excluding carboxylic acids is 2. The lowest BCUT2D eigenvalue weighted by Crippen LogP contribution is -2.53. The Morgan fingerprint density at radius 3 is 2.55 bits per heavy atom. The molecule has 2 aromatic carbocycles. The molecule has 4 rings (SSSR count). The number of tetrazole rings is 1. The van der Waals surface area contributed by atoms with Crippen molar-refractivity contribution in [2.75, 3.05) is 19.1 Å². The Labute approximate surface area is 221 Å². The predicted octanol–water partition coefficient (Wildman–Crippen LogP) is 3.76. The van der Waals surface area contributed by atoms with Crippen molar-refractivity contribution in [3.8, 4) is 22.9 Å². The molecule has 202 valence electrons. The van der Waals surface area contributed by atoms with E-state index in [1.807, 2.05) is 6.92 Å². The molecule has 2 amide bonds. The lowest BCUT2D eigenvalue weighted by Gasteiger charge is -2.32. The third-order valence-electron chi connectivity index (χ3n) is 6.63. The number of nitrogens with one attached hydrogen (secondary N) is 1. The highest BCUT2D eigenvalue weighted by Crippen LogP contribution is 2.31. The average Bonchev–Trinajstić information content (AvgIpc) is 3.61. The molecule has 1 N–H and O–H groups in total. The number of carbonyl (C=O) groups is 2. The molecule has 0 aliphatic heterocycles. The van der Waals surface area contributed by atoms with Gasteiger partial charge in [0.2, 0.25) is 11.7 Å². The first kappa shape index (κ1) is 27.0. The van der Waals surface area contributed by atoms with Crippen LogP contribution >= 0.6 is 0 Å². The second-order valence-electron chi connectivity index (χ2n) is 9.22. The van der Waals surface area contributed by atoms with Gasteiger partial charge in [0.1, 0.15) is 18.4 Å². The summed E-state index contributed by atoms with van der Waals surface area (Å²) in [5, 5.41) is 15.5. The van der Waals surface area contributed by atoms with Crippen LogP contribution in [0.15, 0.2) is 42.5 Å². The van der Waals surface area contributed by atoms with Crippen LogP contribution in [0.25, 0.3) is 11.4 Å². The van der Waals surface area contributed by atoms with E-state index in [2.05, 4.69) is 20.7 Å². The summed E-state index contributed by atoms with van der Waals surface area (Å²) in [6, 6.07) is 10.3. The lowest BCUT2D eigenvalue weighted by molar-refractivity contribution is -0.127. The molecular weight excluding hydrogens is 491 g/mol. The van der Waals surface area contributed by atoms with Crippen molar-refractivity contribution in [3.63, 3.8) is 0 Å². The topological polar surface area (TPSA) is 111 Å². The summed E-state index contributed by atoms with van der Waals surface area (Å²) >= 11 is 0. The maximum atomic E-state index is 15.0.